The molecule has 0 aromatic rings. The Morgan fingerprint density at radius 1 is 1.23 bits per heavy atom. The standard InChI is InChI=1S/C9H18F2OSi/c1-5-6-7-8(9(10)11)12-13(2,3)4/h5-7H2,1-4H3. The summed E-state index contributed by atoms with van der Waals surface area (Å²) >= 11 is 0. The molecule has 0 saturated carbocycles. The molecule has 0 spiro atoms. The first-order chi connectivity index (χ1) is 5.87. The summed E-state index contributed by atoms with van der Waals surface area (Å²) < 4.78 is 29.9. The largest absolute Gasteiger partial charge is 0.544 e. The van der Waals surface area contributed by atoms with Crippen molar-refractivity contribution in [3.05, 3.63) is 11.8 Å². The van der Waals surface area contributed by atoms with E-state index in [-0.39, 0.29) is 5.76 Å². The van der Waals surface area contributed by atoms with Crippen LogP contribution < -0.4 is 0 Å². The van der Waals surface area contributed by atoms with Gasteiger partial charge in [-0.2, -0.15) is 8.78 Å². The van der Waals surface area contributed by atoms with Crippen molar-refractivity contribution >= 4 is 8.32 Å². The molecule has 0 bridgehead atoms. The zero-order valence-corrected chi connectivity index (χ0v) is 9.79. The average Bonchev–Trinajstić information content (AvgIpc) is 1.95. The van der Waals surface area contributed by atoms with E-state index in [1.54, 1.807) is 0 Å². The number of hydrogen-bond acceptors (Lipinski definition) is 1. The van der Waals surface area contributed by atoms with Gasteiger partial charge in [0.25, 0.3) is 0 Å². The lowest BCUT2D eigenvalue weighted by Crippen LogP contribution is -2.25. The normalized spacial score (nSPS) is 11.2. The van der Waals surface area contributed by atoms with Gasteiger partial charge >= 0.3 is 6.08 Å². The van der Waals surface area contributed by atoms with Gasteiger partial charge in [-0.15, -0.1) is 0 Å². The van der Waals surface area contributed by atoms with Crippen LogP contribution in [0.15, 0.2) is 11.8 Å². The number of hydrogen-bond donors (Lipinski definition) is 0. The van der Waals surface area contributed by atoms with Gasteiger partial charge < -0.3 is 4.43 Å². The Balaban J connectivity index is 4.22. The lowest BCUT2D eigenvalue weighted by atomic mass is 10.2. The molecule has 4 heteroatoms. The molecule has 0 aliphatic heterocycles. The molecule has 0 aromatic heterocycles. The zero-order chi connectivity index (χ0) is 10.5. The van der Waals surface area contributed by atoms with Crippen molar-refractivity contribution < 1.29 is 13.2 Å². The van der Waals surface area contributed by atoms with Gasteiger partial charge in [0.2, 0.25) is 8.32 Å². The van der Waals surface area contributed by atoms with E-state index in [0.29, 0.717) is 6.42 Å². The van der Waals surface area contributed by atoms with E-state index in [9.17, 15) is 8.78 Å². The van der Waals surface area contributed by atoms with Gasteiger partial charge in [0.05, 0.1) is 0 Å². The van der Waals surface area contributed by atoms with Gasteiger partial charge in [-0.05, 0) is 26.1 Å². The second kappa shape index (κ2) is 5.37. The first-order valence-electron chi connectivity index (χ1n) is 4.60. The Bertz CT molecular complexity index is 181. The molecule has 0 amide bonds. The highest BCUT2D eigenvalue weighted by atomic mass is 28.4. The van der Waals surface area contributed by atoms with Crippen molar-refractivity contribution in [2.45, 2.75) is 45.8 Å². The fourth-order valence-corrected chi connectivity index (χ4v) is 1.81. The molecule has 0 heterocycles. The van der Waals surface area contributed by atoms with Crippen LogP contribution in [0.3, 0.4) is 0 Å². The van der Waals surface area contributed by atoms with Crippen molar-refractivity contribution in [1.29, 1.82) is 0 Å². The topological polar surface area (TPSA) is 9.23 Å². The monoisotopic (exact) mass is 208 g/mol. The Morgan fingerprint density at radius 2 is 1.77 bits per heavy atom. The maximum atomic E-state index is 12.3. The van der Waals surface area contributed by atoms with Crippen LogP contribution >= 0.6 is 0 Å². The summed E-state index contributed by atoms with van der Waals surface area (Å²) in [5, 5.41) is 0. The molecular weight excluding hydrogens is 190 g/mol. The average molecular weight is 208 g/mol. The van der Waals surface area contributed by atoms with Gasteiger partial charge in [-0.3, -0.25) is 0 Å². The lowest BCUT2D eigenvalue weighted by molar-refractivity contribution is 0.309. The second-order valence-electron chi connectivity index (χ2n) is 4.00. The molecule has 0 radical (unpaired) electrons. The first-order valence-corrected chi connectivity index (χ1v) is 8.01. The van der Waals surface area contributed by atoms with Crippen molar-refractivity contribution in [1.82, 2.24) is 0 Å². The van der Waals surface area contributed by atoms with E-state index < -0.39 is 14.4 Å². The van der Waals surface area contributed by atoms with Crippen LogP contribution in [0.5, 0.6) is 0 Å². The summed E-state index contributed by atoms with van der Waals surface area (Å²) in [5.41, 5.74) is 0. The quantitative estimate of drug-likeness (QED) is 0.487. The van der Waals surface area contributed by atoms with Crippen LogP contribution in [-0.2, 0) is 4.43 Å². The minimum Gasteiger partial charge on any atom is -0.544 e. The van der Waals surface area contributed by atoms with Crippen LogP contribution in [0.1, 0.15) is 26.2 Å². The number of halogens is 2. The molecule has 0 aliphatic carbocycles. The van der Waals surface area contributed by atoms with Crippen LogP contribution in [0.2, 0.25) is 19.6 Å². The second-order valence-corrected chi connectivity index (χ2v) is 8.43. The van der Waals surface area contributed by atoms with Gasteiger partial charge in [-0.1, -0.05) is 13.3 Å². The third-order valence-electron chi connectivity index (χ3n) is 1.40. The third-order valence-corrected chi connectivity index (χ3v) is 2.26. The highest BCUT2D eigenvalue weighted by molar-refractivity contribution is 6.70. The highest BCUT2D eigenvalue weighted by Crippen LogP contribution is 2.21. The molecule has 0 unspecified atom stereocenters. The molecular formula is C9H18F2OSi. The van der Waals surface area contributed by atoms with Gasteiger partial charge in [0, 0.05) is 6.42 Å². The Hall–Kier alpha value is -0.383. The van der Waals surface area contributed by atoms with E-state index >= 15 is 0 Å². The Morgan fingerprint density at radius 3 is 2.08 bits per heavy atom. The molecule has 0 aliphatic rings. The number of allylic oxidation sites excluding steroid dienone is 1. The maximum Gasteiger partial charge on any atom is 0.306 e. The van der Waals surface area contributed by atoms with Crippen molar-refractivity contribution in [3.63, 3.8) is 0 Å². The molecule has 0 aromatic carbocycles. The fourth-order valence-electron chi connectivity index (χ4n) is 0.891. The van der Waals surface area contributed by atoms with E-state index in [1.165, 1.54) is 0 Å². The van der Waals surface area contributed by atoms with E-state index in [2.05, 4.69) is 0 Å². The van der Waals surface area contributed by atoms with Gasteiger partial charge in [0.1, 0.15) is 5.76 Å². The molecule has 0 saturated heterocycles. The summed E-state index contributed by atoms with van der Waals surface area (Å²) in [4.78, 5) is 0. The Labute approximate surface area is 79.9 Å². The van der Waals surface area contributed by atoms with Gasteiger partial charge in [0.15, 0.2) is 0 Å². The molecule has 0 atom stereocenters. The minimum absolute atomic E-state index is 0.0963. The minimum atomic E-state index is -1.87. The summed E-state index contributed by atoms with van der Waals surface area (Å²) in [6.45, 7) is 7.69. The number of rotatable bonds is 5. The van der Waals surface area contributed by atoms with E-state index in [1.807, 2.05) is 26.6 Å². The first kappa shape index (κ1) is 12.6. The zero-order valence-electron chi connectivity index (χ0n) is 8.79. The summed E-state index contributed by atoms with van der Waals surface area (Å²) in [6.07, 6.45) is 0.377. The molecule has 0 fully saturated rings. The van der Waals surface area contributed by atoms with Crippen LogP contribution in [0.25, 0.3) is 0 Å². The molecule has 0 N–H and O–H groups in total. The van der Waals surface area contributed by atoms with Crippen molar-refractivity contribution in [3.8, 4) is 0 Å². The maximum absolute atomic E-state index is 12.3. The SMILES string of the molecule is CCCCC(O[Si](C)(C)C)=C(F)F. The van der Waals surface area contributed by atoms with Crippen LogP contribution in [0, 0.1) is 0 Å². The van der Waals surface area contributed by atoms with Crippen molar-refractivity contribution in [2.75, 3.05) is 0 Å². The van der Waals surface area contributed by atoms with Crippen molar-refractivity contribution in [2.24, 2.45) is 0 Å². The molecule has 0 rings (SSSR count). The van der Waals surface area contributed by atoms with Crippen LogP contribution in [0.4, 0.5) is 8.78 Å². The fraction of sp³-hybridized carbons (Fsp3) is 0.778. The smallest absolute Gasteiger partial charge is 0.306 e. The van der Waals surface area contributed by atoms with Gasteiger partial charge in [-0.25, -0.2) is 0 Å². The summed E-state index contributed by atoms with van der Waals surface area (Å²) in [5.74, 6) is -0.0963. The Kier molecular flexibility index (Phi) is 5.21. The molecule has 1 nitrogen and oxygen atoms in total. The summed E-state index contributed by atoms with van der Waals surface area (Å²) in [6, 6.07) is 0. The highest BCUT2D eigenvalue weighted by Gasteiger charge is 2.20. The predicted molar refractivity (Wildman–Crippen MR) is 53.2 cm³/mol. The molecule has 13 heavy (non-hydrogen) atoms. The lowest BCUT2D eigenvalue weighted by Gasteiger charge is -2.20. The molecule has 78 valence electrons. The van der Waals surface area contributed by atoms with E-state index in [0.717, 1.165) is 12.8 Å². The summed E-state index contributed by atoms with van der Waals surface area (Å²) in [7, 11) is -1.87. The van der Waals surface area contributed by atoms with E-state index in [4.69, 9.17) is 4.43 Å². The third kappa shape index (κ3) is 6.75. The van der Waals surface area contributed by atoms with Crippen LogP contribution in [-0.4, -0.2) is 8.32 Å². The number of unbranched alkanes of at least 4 members (excludes halogenated alkanes) is 1. The predicted octanol–water partition coefficient (Wildman–Crippen LogP) is 4.14.